The Bertz CT molecular complexity index is 970. The quantitative estimate of drug-likeness (QED) is 0.294. The molecule has 0 bridgehead atoms. The molecule has 4 rings (SSSR count). The summed E-state index contributed by atoms with van der Waals surface area (Å²) in [6, 6.07) is 6.52. The van der Waals surface area contributed by atoms with Gasteiger partial charge in [0, 0.05) is 5.39 Å². The van der Waals surface area contributed by atoms with E-state index < -0.39 is 17.6 Å². The zero-order valence-corrected chi connectivity index (χ0v) is 20.2. The Labute approximate surface area is 197 Å². The number of halogens is 2. The summed E-state index contributed by atoms with van der Waals surface area (Å²) in [5.74, 6) is 0.206. The lowest BCUT2D eigenvalue weighted by Crippen LogP contribution is -2.30. The molecular formula is C29H38F2O2. The fourth-order valence-corrected chi connectivity index (χ4v) is 6.46. The highest BCUT2D eigenvalue weighted by atomic mass is 19.2. The molecule has 0 radical (unpaired) electrons. The molecule has 0 N–H and O–H groups in total. The van der Waals surface area contributed by atoms with Crippen molar-refractivity contribution >= 4 is 16.7 Å². The van der Waals surface area contributed by atoms with Gasteiger partial charge in [0.05, 0.1) is 12.7 Å². The number of ether oxygens (including phenoxy) is 1. The van der Waals surface area contributed by atoms with Crippen LogP contribution in [-0.2, 0) is 4.74 Å². The molecule has 2 unspecified atom stereocenters. The highest BCUT2D eigenvalue weighted by Crippen LogP contribution is 2.49. The minimum Gasteiger partial charge on any atom is -0.465 e. The number of methoxy groups -OCH3 is 1. The van der Waals surface area contributed by atoms with E-state index in [-0.39, 0.29) is 16.9 Å². The van der Waals surface area contributed by atoms with Crippen LogP contribution in [0.25, 0.3) is 10.8 Å². The van der Waals surface area contributed by atoms with Crippen molar-refractivity contribution in [3.63, 3.8) is 0 Å². The van der Waals surface area contributed by atoms with E-state index in [2.05, 4.69) is 6.92 Å². The Hall–Kier alpha value is -1.97. The Morgan fingerprint density at radius 3 is 2.48 bits per heavy atom. The lowest BCUT2D eigenvalue weighted by atomic mass is 9.63. The lowest BCUT2D eigenvalue weighted by molar-refractivity contribution is 0.0601. The number of hydrogen-bond donors (Lipinski definition) is 0. The van der Waals surface area contributed by atoms with E-state index in [0.717, 1.165) is 31.1 Å². The Kier molecular flexibility index (Phi) is 8.03. The number of hydrogen-bond acceptors (Lipinski definition) is 2. The van der Waals surface area contributed by atoms with Gasteiger partial charge >= 0.3 is 5.97 Å². The van der Waals surface area contributed by atoms with E-state index in [4.69, 9.17) is 4.74 Å². The molecule has 4 heteroatoms. The van der Waals surface area contributed by atoms with Crippen LogP contribution < -0.4 is 0 Å². The highest BCUT2D eigenvalue weighted by Gasteiger charge is 2.37. The van der Waals surface area contributed by atoms with Crippen molar-refractivity contribution in [1.82, 2.24) is 0 Å². The van der Waals surface area contributed by atoms with Crippen LogP contribution in [-0.4, -0.2) is 13.1 Å². The second-order valence-corrected chi connectivity index (χ2v) is 10.4. The SMILES string of the molecule is CCCCCCCC1CC[C@@H]2CC(c3cc4ccc(C(=O)OC)cc4c(F)c3F)CC[C@H]2C1. The molecular weight excluding hydrogens is 418 g/mol. The van der Waals surface area contributed by atoms with Gasteiger partial charge in [-0.3, -0.25) is 0 Å². The van der Waals surface area contributed by atoms with Crippen molar-refractivity contribution in [1.29, 1.82) is 0 Å². The maximum absolute atomic E-state index is 15.2. The first kappa shape index (κ1) is 24.2. The van der Waals surface area contributed by atoms with Gasteiger partial charge in [0.1, 0.15) is 0 Å². The predicted octanol–water partition coefficient (Wildman–Crippen LogP) is 8.57. The molecule has 180 valence electrons. The van der Waals surface area contributed by atoms with Gasteiger partial charge in [-0.25, -0.2) is 13.6 Å². The number of rotatable bonds is 8. The Balaban J connectivity index is 1.42. The van der Waals surface area contributed by atoms with Gasteiger partial charge in [-0.2, -0.15) is 0 Å². The Morgan fingerprint density at radius 1 is 0.939 bits per heavy atom. The first-order chi connectivity index (χ1) is 16.0. The average molecular weight is 457 g/mol. The number of unbranched alkanes of at least 4 members (excludes halogenated alkanes) is 4. The average Bonchev–Trinajstić information content (AvgIpc) is 2.85. The van der Waals surface area contributed by atoms with E-state index in [1.165, 1.54) is 71.0 Å². The number of carbonyl (C=O) groups is 1. The van der Waals surface area contributed by atoms with Crippen molar-refractivity contribution < 1.29 is 18.3 Å². The van der Waals surface area contributed by atoms with Gasteiger partial charge in [0.2, 0.25) is 0 Å². The number of fused-ring (bicyclic) bond motifs is 2. The second kappa shape index (κ2) is 11.0. The van der Waals surface area contributed by atoms with Crippen molar-refractivity contribution in [3.05, 3.63) is 47.0 Å². The third kappa shape index (κ3) is 5.41. The summed E-state index contributed by atoms with van der Waals surface area (Å²) in [5, 5.41) is 0.790. The highest BCUT2D eigenvalue weighted by molar-refractivity contribution is 5.95. The molecule has 2 nitrogen and oxygen atoms in total. The van der Waals surface area contributed by atoms with E-state index in [1.54, 1.807) is 12.1 Å². The van der Waals surface area contributed by atoms with Crippen LogP contribution in [0.2, 0.25) is 0 Å². The molecule has 33 heavy (non-hydrogen) atoms. The first-order valence-electron chi connectivity index (χ1n) is 13.0. The predicted molar refractivity (Wildman–Crippen MR) is 129 cm³/mol. The van der Waals surface area contributed by atoms with Crippen molar-refractivity contribution in [2.75, 3.05) is 7.11 Å². The number of carbonyl (C=O) groups excluding carboxylic acids is 1. The second-order valence-electron chi connectivity index (χ2n) is 10.4. The monoisotopic (exact) mass is 456 g/mol. The first-order valence-corrected chi connectivity index (χ1v) is 13.0. The van der Waals surface area contributed by atoms with Crippen LogP contribution >= 0.6 is 0 Å². The zero-order chi connectivity index (χ0) is 23.4. The molecule has 2 aromatic rings. The van der Waals surface area contributed by atoms with Crippen LogP contribution in [0.1, 0.15) is 106 Å². The molecule has 0 aromatic heterocycles. The summed E-state index contributed by atoms with van der Waals surface area (Å²) in [6.07, 6.45) is 15.0. The third-order valence-corrected chi connectivity index (χ3v) is 8.35. The maximum atomic E-state index is 15.2. The lowest BCUT2D eigenvalue weighted by Gasteiger charge is -2.42. The van der Waals surface area contributed by atoms with Crippen LogP contribution in [0, 0.1) is 29.4 Å². The minimum atomic E-state index is -0.845. The smallest absolute Gasteiger partial charge is 0.337 e. The third-order valence-electron chi connectivity index (χ3n) is 8.35. The number of esters is 1. The van der Waals surface area contributed by atoms with E-state index >= 15 is 8.78 Å². The van der Waals surface area contributed by atoms with Gasteiger partial charge in [0.25, 0.3) is 0 Å². The number of benzene rings is 2. The fraction of sp³-hybridized carbons (Fsp3) is 0.621. The van der Waals surface area contributed by atoms with Crippen molar-refractivity contribution in [2.24, 2.45) is 17.8 Å². The molecule has 0 heterocycles. The fourth-order valence-electron chi connectivity index (χ4n) is 6.46. The van der Waals surface area contributed by atoms with Crippen molar-refractivity contribution in [2.45, 2.75) is 89.9 Å². The molecule has 0 saturated heterocycles. The summed E-state index contributed by atoms with van der Waals surface area (Å²) in [5.41, 5.74) is 0.751. The van der Waals surface area contributed by atoms with E-state index in [9.17, 15) is 4.79 Å². The minimum absolute atomic E-state index is 0.0797. The summed E-state index contributed by atoms with van der Waals surface area (Å²) in [6.45, 7) is 2.26. The van der Waals surface area contributed by atoms with E-state index in [0.29, 0.717) is 16.9 Å². The molecule has 2 aliphatic rings. The van der Waals surface area contributed by atoms with Crippen LogP contribution in [0.5, 0.6) is 0 Å². The van der Waals surface area contributed by atoms with E-state index in [1.807, 2.05) is 6.07 Å². The van der Waals surface area contributed by atoms with Crippen LogP contribution in [0.15, 0.2) is 24.3 Å². The molecule has 0 amide bonds. The largest absolute Gasteiger partial charge is 0.465 e. The molecule has 4 atom stereocenters. The summed E-state index contributed by atoms with van der Waals surface area (Å²) < 4.78 is 34.9. The van der Waals surface area contributed by atoms with Crippen molar-refractivity contribution in [3.8, 4) is 0 Å². The van der Waals surface area contributed by atoms with Gasteiger partial charge < -0.3 is 4.74 Å². The normalized spacial score (nSPS) is 25.1. The molecule has 2 fully saturated rings. The molecule has 2 aliphatic carbocycles. The Morgan fingerprint density at radius 2 is 1.70 bits per heavy atom. The molecule has 2 saturated carbocycles. The van der Waals surface area contributed by atoms with Gasteiger partial charge in [-0.05, 0) is 84.9 Å². The molecule has 0 aliphatic heterocycles. The van der Waals surface area contributed by atoms with Gasteiger partial charge in [-0.1, -0.05) is 57.9 Å². The summed E-state index contributed by atoms with van der Waals surface area (Å²) >= 11 is 0. The zero-order valence-electron chi connectivity index (χ0n) is 20.2. The van der Waals surface area contributed by atoms with Gasteiger partial charge in [0.15, 0.2) is 11.6 Å². The maximum Gasteiger partial charge on any atom is 0.337 e. The standard InChI is InChI=1S/C29H38F2O2/c1-3-4-5-6-7-8-19-9-10-21-16-22(12-11-20(21)15-19)25-17-23-13-14-24(29(32)33-2)18-26(23)28(31)27(25)30/h13-14,17-22H,3-12,15-16H2,1-2H3/t19?,20-,21+,22?/m0/s1. The topological polar surface area (TPSA) is 26.3 Å². The van der Waals surface area contributed by atoms with Crippen LogP contribution in [0.3, 0.4) is 0 Å². The van der Waals surface area contributed by atoms with Gasteiger partial charge in [-0.15, -0.1) is 0 Å². The molecule has 2 aromatic carbocycles. The summed E-state index contributed by atoms with van der Waals surface area (Å²) in [7, 11) is 1.28. The summed E-state index contributed by atoms with van der Waals surface area (Å²) in [4.78, 5) is 11.8. The molecule has 0 spiro atoms. The van der Waals surface area contributed by atoms with Crippen LogP contribution in [0.4, 0.5) is 8.78 Å².